The van der Waals surface area contributed by atoms with Crippen molar-refractivity contribution in [3.05, 3.63) is 0 Å². The van der Waals surface area contributed by atoms with Crippen molar-refractivity contribution in [1.82, 2.24) is 10.4 Å². The van der Waals surface area contributed by atoms with E-state index in [1.807, 2.05) is 0 Å². The first kappa shape index (κ1) is 9.36. The normalized spacial score (nSPS) is 36.7. The molecule has 0 spiro atoms. The molecule has 0 aromatic rings. The first-order valence-corrected chi connectivity index (χ1v) is 4.71. The maximum Gasteiger partial charge on any atom is 0.0962 e. The first-order valence-electron chi connectivity index (χ1n) is 4.71. The highest BCUT2D eigenvalue weighted by Gasteiger charge is 2.27. The van der Waals surface area contributed by atoms with E-state index in [0.717, 1.165) is 26.3 Å². The molecular weight excluding hydrogens is 172 g/mol. The molecule has 2 atom stereocenters. The molecular formula is C8H16N2O3. The number of aliphatic hydroxyl groups excluding tert-OH is 1. The molecule has 2 saturated heterocycles. The smallest absolute Gasteiger partial charge is 0.0962 e. The van der Waals surface area contributed by atoms with Crippen LogP contribution in [0.2, 0.25) is 0 Å². The molecule has 0 unspecified atom stereocenters. The van der Waals surface area contributed by atoms with Crippen molar-refractivity contribution in [1.29, 1.82) is 0 Å². The first-order chi connectivity index (χ1) is 6.36. The van der Waals surface area contributed by atoms with Gasteiger partial charge in [-0.05, 0) is 0 Å². The summed E-state index contributed by atoms with van der Waals surface area (Å²) in [5.41, 5.74) is 3.25. The van der Waals surface area contributed by atoms with Gasteiger partial charge in [-0.25, -0.2) is 10.4 Å². The van der Waals surface area contributed by atoms with Gasteiger partial charge in [0.2, 0.25) is 0 Å². The molecule has 2 aliphatic rings. The topological polar surface area (TPSA) is 54.0 Å². The SMILES string of the molecule is O[C@@H]1COC[C@H]1NN1CCOCC1. The number of rotatable bonds is 2. The second-order valence-electron chi connectivity index (χ2n) is 3.44. The Morgan fingerprint density at radius 3 is 2.54 bits per heavy atom. The quantitative estimate of drug-likeness (QED) is 0.557. The van der Waals surface area contributed by atoms with Crippen molar-refractivity contribution in [3.63, 3.8) is 0 Å². The van der Waals surface area contributed by atoms with Crippen LogP contribution >= 0.6 is 0 Å². The van der Waals surface area contributed by atoms with Crippen LogP contribution in [0.3, 0.4) is 0 Å². The number of nitrogens with one attached hydrogen (secondary N) is 1. The van der Waals surface area contributed by atoms with Gasteiger partial charge < -0.3 is 14.6 Å². The van der Waals surface area contributed by atoms with Crippen molar-refractivity contribution in [3.8, 4) is 0 Å². The lowest BCUT2D eigenvalue weighted by Crippen LogP contribution is -2.53. The molecule has 0 amide bonds. The molecule has 76 valence electrons. The largest absolute Gasteiger partial charge is 0.389 e. The summed E-state index contributed by atoms with van der Waals surface area (Å²) in [5, 5.41) is 11.6. The Kier molecular flexibility index (Phi) is 3.13. The highest BCUT2D eigenvalue weighted by molar-refractivity contribution is 4.80. The lowest BCUT2D eigenvalue weighted by molar-refractivity contribution is -0.00621. The van der Waals surface area contributed by atoms with Crippen LogP contribution in [0.15, 0.2) is 0 Å². The molecule has 5 heteroatoms. The van der Waals surface area contributed by atoms with E-state index < -0.39 is 0 Å². The van der Waals surface area contributed by atoms with Crippen molar-refractivity contribution >= 4 is 0 Å². The summed E-state index contributed by atoms with van der Waals surface area (Å²) in [4.78, 5) is 0. The number of hydrogen-bond donors (Lipinski definition) is 2. The Hall–Kier alpha value is -0.200. The van der Waals surface area contributed by atoms with Gasteiger partial charge in [-0.2, -0.15) is 0 Å². The molecule has 0 bridgehead atoms. The zero-order chi connectivity index (χ0) is 9.10. The third kappa shape index (κ3) is 2.38. The van der Waals surface area contributed by atoms with Gasteiger partial charge in [0, 0.05) is 13.1 Å². The van der Waals surface area contributed by atoms with Crippen LogP contribution in [0.5, 0.6) is 0 Å². The van der Waals surface area contributed by atoms with E-state index in [1.54, 1.807) is 0 Å². The van der Waals surface area contributed by atoms with Crippen LogP contribution in [0.25, 0.3) is 0 Å². The third-order valence-electron chi connectivity index (χ3n) is 2.41. The lowest BCUT2D eigenvalue weighted by atomic mass is 10.2. The fourth-order valence-electron chi connectivity index (χ4n) is 1.59. The number of hydrogen-bond acceptors (Lipinski definition) is 5. The molecule has 0 aromatic carbocycles. The third-order valence-corrected chi connectivity index (χ3v) is 2.41. The fraction of sp³-hybridized carbons (Fsp3) is 1.00. The number of nitrogens with zero attached hydrogens (tertiary/aromatic N) is 1. The summed E-state index contributed by atoms with van der Waals surface area (Å²) in [6, 6.07) is 0.0538. The van der Waals surface area contributed by atoms with Crippen molar-refractivity contribution in [2.24, 2.45) is 0 Å². The van der Waals surface area contributed by atoms with E-state index in [4.69, 9.17) is 9.47 Å². The molecule has 5 nitrogen and oxygen atoms in total. The van der Waals surface area contributed by atoms with Gasteiger partial charge in [0.25, 0.3) is 0 Å². The number of ether oxygens (including phenoxy) is 2. The second-order valence-corrected chi connectivity index (χ2v) is 3.44. The van der Waals surface area contributed by atoms with Crippen molar-refractivity contribution in [2.75, 3.05) is 39.5 Å². The molecule has 0 aromatic heterocycles. The summed E-state index contributed by atoms with van der Waals surface area (Å²) >= 11 is 0. The molecule has 0 radical (unpaired) electrons. The minimum atomic E-state index is -0.372. The predicted octanol–water partition coefficient (Wildman–Crippen LogP) is -1.42. The van der Waals surface area contributed by atoms with Crippen LogP contribution in [-0.4, -0.2) is 61.8 Å². The lowest BCUT2D eigenvalue weighted by Gasteiger charge is -2.30. The maximum atomic E-state index is 9.47. The summed E-state index contributed by atoms with van der Waals surface area (Å²) in [7, 11) is 0. The van der Waals surface area contributed by atoms with E-state index in [2.05, 4.69) is 10.4 Å². The minimum Gasteiger partial charge on any atom is -0.389 e. The summed E-state index contributed by atoms with van der Waals surface area (Å²) in [6.45, 7) is 4.32. The van der Waals surface area contributed by atoms with Gasteiger partial charge in [0.15, 0.2) is 0 Å². The Morgan fingerprint density at radius 2 is 1.92 bits per heavy atom. The van der Waals surface area contributed by atoms with Gasteiger partial charge in [0.1, 0.15) is 0 Å². The highest BCUT2D eigenvalue weighted by Crippen LogP contribution is 2.06. The second kappa shape index (κ2) is 4.34. The van der Waals surface area contributed by atoms with Crippen LogP contribution in [0.1, 0.15) is 0 Å². The molecule has 2 fully saturated rings. The number of aliphatic hydroxyl groups is 1. The molecule has 0 aliphatic carbocycles. The van der Waals surface area contributed by atoms with Crippen molar-refractivity contribution < 1.29 is 14.6 Å². The minimum absolute atomic E-state index is 0.0538. The number of hydrazine groups is 1. The molecule has 13 heavy (non-hydrogen) atoms. The average Bonchev–Trinajstić information content (AvgIpc) is 2.54. The molecule has 2 aliphatic heterocycles. The van der Waals surface area contributed by atoms with E-state index >= 15 is 0 Å². The molecule has 2 rings (SSSR count). The highest BCUT2D eigenvalue weighted by atomic mass is 16.5. The monoisotopic (exact) mass is 188 g/mol. The van der Waals surface area contributed by atoms with Crippen LogP contribution in [0, 0.1) is 0 Å². The van der Waals surface area contributed by atoms with E-state index in [9.17, 15) is 5.11 Å². The van der Waals surface area contributed by atoms with Crippen LogP contribution < -0.4 is 5.43 Å². The summed E-state index contributed by atoms with van der Waals surface area (Å²) in [6.07, 6.45) is -0.372. The van der Waals surface area contributed by atoms with Gasteiger partial charge in [-0.3, -0.25) is 0 Å². The zero-order valence-electron chi connectivity index (χ0n) is 7.61. The van der Waals surface area contributed by atoms with E-state index in [-0.39, 0.29) is 12.1 Å². The zero-order valence-corrected chi connectivity index (χ0v) is 7.61. The van der Waals surface area contributed by atoms with Gasteiger partial charge in [0.05, 0.1) is 38.6 Å². The van der Waals surface area contributed by atoms with Gasteiger partial charge in [-0.1, -0.05) is 0 Å². The molecule has 2 N–H and O–H groups in total. The van der Waals surface area contributed by atoms with Crippen LogP contribution in [-0.2, 0) is 9.47 Å². The summed E-state index contributed by atoms with van der Waals surface area (Å²) < 4.78 is 10.4. The van der Waals surface area contributed by atoms with Crippen LogP contribution in [0.4, 0.5) is 0 Å². The van der Waals surface area contributed by atoms with E-state index in [1.165, 1.54) is 0 Å². The average molecular weight is 188 g/mol. The Morgan fingerprint density at radius 1 is 1.15 bits per heavy atom. The Bertz CT molecular complexity index is 161. The molecule has 0 saturated carbocycles. The Labute approximate surface area is 77.6 Å². The molecule has 2 heterocycles. The van der Waals surface area contributed by atoms with E-state index in [0.29, 0.717) is 13.2 Å². The summed E-state index contributed by atoms with van der Waals surface area (Å²) in [5.74, 6) is 0. The number of morpholine rings is 1. The van der Waals surface area contributed by atoms with Gasteiger partial charge in [-0.15, -0.1) is 0 Å². The standard InChI is InChI=1S/C8H16N2O3/c11-8-6-13-5-7(8)9-10-1-3-12-4-2-10/h7-9,11H,1-6H2/t7-,8-/m1/s1. The maximum absolute atomic E-state index is 9.47. The van der Waals surface area contributed by atoms with Gasteiger partial charge >= 0.3 is 0 Å². The fourth-order valence-corrected chi connectivity index (χ4v) is 1.59. The van der Waals surface area contributed by atoms with Crippen molar-refractivity contribution in [2.45, 2.75) is 12.1 Å². The Balaban J connectivity index is 1.75. The predicted molar refractivity (Wildman–Crippen MR) is 46.1 cm³/mol.